The third-order valence-electron chi connectivity index (χ3n) is 2.62. The standard InChI is InChI=1S/C10H15N3O5/c11-9(17)5(2-4-8(15)16)13-10(18)6-1-3-7(14)12-6/h5-6H,1-4H2,(H2,11,17)(H,12,14)(H,13,18)(H,15,16)/t5-,6+/m1/s1. The normalized spacial score (nSPS) is 20.0. The zero-order chi connectivity index (χ0) is 13.7. The number of carboxylic acids is 1. The number of hydrogen-bond donors (Lipinski definition) is 4. The van der Waals surface area contributed by atoms with Crippen LogP contribution in [0, 0.1) is 0 Å². The molecule has 1 heterocycles. The van der Waals surface area contributed by atoms with E-state index in [4.69, 9.17) is 10.8 Å². The van der Waals surface area contributed by atoms with Gasteiger partial charge in [-0.15, -0.1) is 0 Å². The predicted octanol–water partition coefficient (Wildman–Crippen LogP) is -1.90. The number of nitrogens with one attached hydrogen (secondary N) is 2. The average molecular weight is 257 g/mol. The van der Waals surface area contributed by atoms with Crippen molar-refractivity contribution in [2.45, 2.75) is 37.8 Å². The Kier molecular flexibility index (Phi) is 4.64. The van der Waals surface area contributed by atoms with Crippen LogP contribution in [-0.2, 0) is 19.2 Å². The molecule has 0 aliphatic carbocycles. The highest BCUT2D eigenvalue weighted by Crippen LogP contribution is 2.07. The number of rotatable bonds is 6. The molecule has 5 N–H and O–H groups in total. The Bertz CT molecular complexity index is 382. The van der Waals surface area contributed by atoms with Crippen LogP contribution in [0.25, 0.3) is 0 Å². The molecular formula is C10H15N3O5. The van der Waals surface area contributed by atoms with E-state index in [1.165, 1.54) is 0 Å². The Labute approximate surface area is 103 Å². The molecule has 3 amide bonds. The minimum Gasteiger partial charge on any atom is -0.481 e. The lowest BCUT2D eigenvalue weighted by molar-refractivity contribution is -0.137. The van der Waals surface area contributed by atoms with E-state index in [0.717, 1.165) is 0 Å². The number of carbonyl (C=O) groups is 4. The summed E-state index contributed by atoms with van der Waals surface area (Å²) in [4.78, 5) is 44.0. The van der Waals surface area contributed by atoms with Crippen LogP contribution in [0.2, 0.25) is 0 Å². The summed E-state index contributed by atoms with van der Waals surface area (Å²) in [6.07, 6.45) is 0.269. The summed E-state index contributed by atoms with van der Waals surface area (Å²) in [6.45, 7) is 0. The van der Waals surface area contributed by atoms with Crippen molar-refractivity contribution in [3.05, 3.63) is 0 Å². The van der Waals surface area contributed by atoms with E-state index < -0.39 is 29.9 Å². The van der Waals surface area contributed by atoms with Crippen LogP contribution < -0.4 is 16.4 Å². The van der Waals surface area contributed by atoms with E-state index in [0.29, 0.717) is 6.42 Å². The van der Waals surface area contributed by atoms with E-state index in [1.54, 1.807) is 0 Å². The molecule has 18 heavy (non-hydrogen) atoms. The smallest absolute Gasteiger partial charge is 0.303 e. The van der Waals surface area contributed by atoms with Crippen molar-refractivity contribution in [1.29, 1.82) is 0 Å². The van der Waals surface area contributed by atoms with Crippen molar-refractivity contribution in [3.63, 3.8) is 0 Å². The van der Waals surface area contributed by atoms with Crippen LogP contribution in [0.1, 0.15) is 25.7 Å². The molecule has 100 valence electrons. The monoisotopic (exact) mass is 257 g/mol. The summed E-state index contributed by atoms with van der Waals surface area (Å²) in [5.74, 6) is -2.62. The highest BCUT2D eigenvalue weighted by Gasteiger charge is 2.29. The molecule has 8 nitrogen and oxygen atoms in total. The van der Waals surface area contributed by atoms with Gasteiger partial charge in [-0.1, -0.05) is 0 Å². The Morgan fingerprint density at radius 3 is 2.61 bits per heavy atom. The van der Waals surface area contributed by atoms with Gasteiger partial charge in [0.25, 0.3) is 0 Å². The van der Waals surface area contributed by atoms with Crippen molar-refractivity contribution in [3.8, 4) is 0 Å². The first-order valence-corrected chi connectivity index (χ1v) is 5.51. The van der Waals surface area contributed by atoms with E-state index in [2.05, 4.69) is 10.6 Å². The molecule has 0 radical (unpaired) electrons. The molecule has 0 saturated carbocycles. The summed E-state index contributed by atoms with van der Waals surface area (Å²) in [5, 5.41) is 13.3. The minimum atomic E-state index is -1.08. The van der Waals surface area contributed by atoms with Gasteiger partial charge in [0.15, 0.2) is 0 Å². The summed E-state index contributed by atoms with van der Waals surface area (Å²) in [6, 6.07) is -1.71. The predicted molar refractivity (Wildman–Crippen MR) is 59.2 cm³/mol. The zero-order valence-corrected chi connectivity index (χ0v) is 9.64. The number of carbonyl (C=O) groups excluding carboxylic acids is 3. The molecule has 1 aliphatic rings. The van der Waals surface area contributed by atoms with E-state index in [9.17, 15) is 19.2 Å². The summed E-state index contributed by atoms with van der Waals surface area (Å²) in [5.41, 5.74) is 5.06. The largest absolute Gasteiger partial charge is 0.481 e. The fourth-order valence-electron chi connectivity index (χ4n) is 1.64. The van der Waals surface area contributed by atoms with E-state index in [-0.39, 0.29) is 25.2 Å². The van der Waals surface area contributed by atoms with Gasteiger partial charge in [-0.3, -0.25) is 19.2 Å². The third-order valence-corrected chi connectivity index (χ3v) is 2.62. The van der Waals surface area contributed by atoms with Crippen LogP contribution >= 0.6 is 0 Å². The highest BCUT2D eigenvalue weighted by molar-refractivity contribution is 5.93. The van der Waals surface area contributed by atoms with Gasteiger partial charge in [0.05, 0.1) is 0 Å². The number of amides is 3. The summed E-state index contributed by atoms with van der Waals surface area (Å²) in [7, 11) is 0. The molecule has 0 spiro atoms. The fourth-order valence-corrected chi connectivity index (χ4v) is 1.64. The first-order valence-electron chi connectivity index (χ1n) is 5.51. The molecule has 0 aromatic carbocycles. The molecule has 0 bridgehead atoms. The van der Waals surface area contributed by atoms with Gasteiger partial charge in [-0.05, 0) is 12.8 Å². The Balaban J connectivity index is 2.49. The molecule has 8 heteroatoms. The minimum absolute atomic E-state index is 0.0723. The Hall–Kier alpha value is -2.12. The maximum Gasteiger partial charge on any atom is 0.303 e. The fraction of sp³-hybridized carbons (Fsp3) is 0.600. The average Bonchev–Trinajstić information content (AvgIpc) is 2.70. The van der Waals surface area contributed by atoms with Gasteiger partial charge < -0.3 is 21.5 Å². The molecule has 0 aromatic rings. The van der Waals surface area contributed by atoms with Crippen LogP contribution in [0.4, 0.5) is 0 Å². The van der Waals surface area contributed by atoms with E-state index >= 15 is 0 Å². The van der Waals surface area contributed by atoms with Crippen molar-refractivity contribution in [2.24, 2.45) is 5.73 Å². The molecule has 0 unspecified atom stereocenters. The van der Waals surface area contributed by atoms with Crippen LogP contribution in [0.3, 0.4) is 0 Å². The molecular weight excluding hydrogens is 242 g/mol. The molecule has 1 aliphatic heterocycles. The lowest BCUT2D eigenvalue weighted by atomic mass is 10.1. The third kappa shape index (κ3) is 4.04. The molecule has 1 saturated heterocycles. The number of aliphatic carboxylic acids is 1. The first kappa shape index (κ1) is 13.9. The lowest BCUT2D eigenvalue weighted by Crippen LogP contribution is -2.50. The lowest BCUT2D eigenvalue weighted by Gasteiger charge is -2.17. The highest BCUT2D eigenvalue weighted by atomic mass is 16.4. The van der Waals surface area contributed by atoms with Gasteiger partial charge in [-0.2, -0.15) is 0 Å². The van der Waals surface area contributed by atoms with Crippen LogP contribution in [0.15, 0.2) is 0 Å². The number of nitrogens with two attached hydrogens (primary N) is 1. The summed E-state index contributed by atoms with van der Waals surface area (Å²) >= 11 is 0. The van der Waals surface area contributed by atoms with Crippen molar-refractivity contribution >= 4 is 23.7 Å². The quantitative estimate of drug-likeness (QED) is 0.440. The number of primary amides is 1. The van der Waals surface area contributed by atoms with Gasteiger partial charge in [-0.25, -0.2) is 0 Å². The Morgan fingerprint density at radius 1 is 1.50 bits per heavy atom. The van der Waals surface area contributed by atoms with Crippen molar-refractivity contribution in [2.75, 3.05) is 0 Å². The van der Waals surface area contributed by atoms with E-state index in [1.807, 2.05) is 0 Å². The topological polar surface area (TPSA) is 139 Å². The number of hydrogen-bond acceptors (Lipinski definition) is 4. The second-order valence-electron chi connectivity index (χ2n) is 4.05. The SMILES string of the molecule is NC(=O)[C@@H](CCC(=O)O)NC(=O)[C@@H]1CCC(=O)N1. The van der Waals surface area contributed by atoms with Crippen molar-refractivity contribution < 1.29 is 24.3 Å². The second kappa shape index (κ2) is 5.99. The maximum atomic E-state index is 11.7. The van der Waals surface area contributed by atoms with Crippen molar-refractivity contribution in [1.82, 2.24) is 10.6 Å². The molecule has 2 atom stereocenters. The van der Waals surface area contributed by atoms with Crippen LogP contribution in [-0.4, -0.2) is 40.9 Å². The zero-order valence-electron chi connectivity index (χ0n) is 9.64. The second-order valence-corrected chi connectivity index (χ2v) is 4.05. The molecule has 1 fully saturated rings. The van der Waals surface area contributed by atoms with Gasteiger partial charge >= 0.3 is 5.97 Å². The van der Waals surface area contributed by atoms with Gasteiger partial charge in [0, 0.05) is 12.8 Å². The van der Waals surface area contributed by atoms with Gasteiger partial charge in [0.2, 0.25) is 17.7 Å². The van der Waals surface area contributed by atoms with Gasteiger partial charge in [0.1, 0.15) is 12.1 Å². The Morgan fingerprint density at radius 2 is 2.17 bits per heavy atom. The first-order chi connectivity index (χ1) is 8.40. The van der Waals surface area contributed by atoms with Crippen LogP contribution in [0.5, 0.6) is 0 Å². The molecule has 1 rings (SSSR count). The maximum absolute atomic E-state index is 11.7. The number of carboxylic acid groups (broad SMARTS) is 1. The summed E-state index contributed by atoms with van der Waals surface area (Å²) < 4.78 is 0. The molecule has 0 aromatic heterocycles.